The third-order valence-electron chi connectivity index (χ3n) is 2.39. The molecule has 0 aromatic carbocycles. The number of carbonyl (C=O) groups is 1. The zero-order chi connectivity index (χ0) is 13.1. The predicted molar refractivity (Wildman–Crippen MR) is 53.6 cm³/mol. The number of alkyl halides is 3. The SMILES string of the molecule is CC1(C)CC(NC(=O)OCC(F)(F)F)CCO1. The van der Waals surface area contributed by atoms with E-state index in [1.165, 1.54) is 0 Å². The Morgan fingerprint density at radius 2 is 2.18 bits per heavy atom. The fourth-order valence-corrected chi connectivity index (χ4v) is 1.71. The number of hydrogen-bond donors (Lipinski definition) is 1. The molecule has 1 N–H and O–H groups in total. The van der Waals surface area contributed by atoms with Crippen molar-refractivity contribution < 1.29 is 27.4 Å². The third kappa shape index (κ3) is 5.76. The van der Waals surface area contributed by atoms with Crippen molar-refractivity contribution in [3.05, 3.63) is 0 Å². The lowest BCUT2D eigenvalue weighted by Crippen LogP contribution is -2.46. The summed E-state index contributed by atoms with van der Waals surface area (Å²) in [5.41, 5.74) is -0.375. The summed E-state index contributed by atoms with van der Waals surface area (Å²) in [4.78, 5) is 11.1. The van der Waals surface area contributed by atoms with Crippen LogP contribution in [-0.4, -0.2) is 37.1 Å². The van der Waals surface area contributed by atoms with Crippen LogP contribution >= 0.6 is 0 Å². The molecule has 1 heterocycles. The largest absolute Gasteiger partial charge is 0.440 e. The molecule has 0 aromatic rings. The van der Waals surface area contributed by atoms with Gasteiger partial charge < -0.3 is 14.8 Å². The lowest BCUT2D eigenvalue weighted by molar-refractivity contribution is -0.160. The molecule has 1 atom stereocenters. The van der Waals surface area contributed by atoms with Gasteiger partial charge in [-0.2, -0.15) is 13.2 Å². The topological polar surface area (TPSA) is 47.6 Å². The van der Waals surface area contributed by atoms with Crippen LogP contribution in [-0.2, 0) is 9.47 Å². The molecule has 100 valence electrons. The zero-order valence-electron chi connectivity index (χ0n) is 9.76. The van der Waals surface area contributed by atoms with E-state index in [2.05, 4.69) is 10.1 Å². The van der Waals surface area contributed by atoms with Crippen LogP contribution in [0.2, 0.25) is 0 Å². The molecular weight excluding hydrogens is 239 g/mol. The number of ether oxygens (including phenoxy) is 2. The molecule has 1 aliphatic rings. The van der Waals surface area contributed by atoms with E-state index in [-0.39, 0.29) is 11.6 Å². The van der Waals surface area contributed by atoms with Crippen molar-refractivity contribution in [3.63, 3.8) is 0 Å². The van der Waals surface area contributed by atoms with E-state index in [1.54, 1.807) is 0 Å². The Bertz CT molecular complexity index is 278. The van der Waals surface area contributed by atoms with E-state index in [1.807, 2.05) is 13.8 Å². The van der Waals surface area contributed by atoms with E-state index in [0.717, 1.165) is 0 Å². The first-order valence-electron chi connectivity index (χ1n) is 5.32. The molecule has 1 amide bonds. The number of halogens is 3. The lowest BCUT2D eigenvalue weighted by atomic mass is 9.94. The predicted octanol–water partition coefficient (Wildman–Crippen LogP) is 2.23. The van der Waals surface area contributed by atoms with Crippen LogP contribution in [0.4, 0.5) is 18.0 Å². The summed E-state index contributed by atoms with van der Waals surface area (Å²) in [6, 6.07) is -0.209. The van der Waals surface area contributed by atoms with Gasteiger partial charge in [0.25, 0.3) is 0 Å². The Labute approximate surface area is 97.5 Å². The number of carbonyl (C=O) groups excluding carboxylic acids is 1. The molecule has 0 bridgehead atoms. The Kier molecular flexibility index (Phi) is 4.24. The molecule has 1 unspecified atom stereocenters. The molecule has 1 rings (SSSR count). The molecular formula is C10H16F3NO3. The van der Waals surface area contributed by atoms with Gasteiger partial charge in [-0.25, -0.2) is 4.79 Å². The smallest absolute Gasteiger partial charge is 0.422 e. The lowest BCUT2D eigenvalue weighted by Gasteiger charge is -2.35. The zero-order valence-corrected chi connectivity index (χ0v) is 9.76. The van der Waals surface area contributed by atoms with E-state index in [9.17, 15) is 18.0 Å². The van der Waals surface area contributed by atoms with Crippen molar-refractivity contribution in [1.29, 1.82) is 0 Å². The van der Waals surface area contributed by atoms with Crippen molar-refractivity contribution in [1.82, 2.24) is 5.32 Å². The Balaban J connectivity index is 2.31. The van der Waals surface area contributed by atoms with Gasteiger partial charge in [0.2, 0.25) is 0 Å². The summed E-state index contributed by atoms with van der Waals surface area (Å²) in [5.74, 6) is 0. The van der Waals surface area contributed by atoms with Gasteiger partial charge in [0.1, 0.15) is 0 Å². The van der Waals surface area contributed by atoms with E-state index in [0.29, 0.717) is 19.4 Å². The molecule has 4 nitrogen and oxygen atoms in total. The summed E-state index contributed by atoms with van der Waals surface area (Å²) in [5, 5.41) is 2.41. The average Bonchev–Trinajstić information content (AvgIpc) is 2.12. The first-order chi connectivity index (χ1) is 7.68. The molecule has 7 heteroatoms. The fourth-order valence-electron chi connectivity index (χ4n) is 1.71. The van der Waals surface area contributed by atoms with Gasteiger partial charge in [-0.05, 0) is 26.7 Å². The molecule has 1 fully saturated rings. The molecule has 17 heavy (non-hydrogen) atoms. The van der Waals surface area contributed by atoms with E-state index < -0.39 is 18.9 Å². The quantitative estimate of drug-likeness (QED) is 0.823. The maximum atomic E-state index is 11.8. The van der Waals surface area contributed by atoms with Crippen LogP contribution in [0, 0.1) is 0 Å². The van der Waals surface area contributed by atoms with Crippen molar-refractivity contribution >= 4 is 6.09 Å². The minimum absolute atomic E-state index is 0.209. The average molecular weight is 255 g/mol. The molecule has 0 saturated carbocycles. The fraction of sp³-hybridized carbons (Fsp3) is 0.900. The second-order valence-electron chi connectivity index (χ2n) is 4.63. The van der Waals surface area contributed by atoms with Crippen LogP contribution in [0.3, 0.4) is 0 Å². The van der Waals surface area contributed by atoms with Crippen molar-refractivity contribution in [3.8, 4) is 0 Å². The maximum absolute atomic E-state index is 11.8. The molecule has 0 radical (unpaired) electrons. The number of amides is 1. The van der Waals surface area contributed by atoms with Crippen molar-refractivity contribution in [2.45, 2.75) is 44.5 Å². The Morgan fingerprint density at radius 3 is 2.71 bits per heavy atom. The minimum atomic E-state index is -4.49. The van der Waals surface area contributed by atoms with Gasteiger partial charge in [0, 0.05) is 12.6 Å². The molecule has 1 aliphatic heterocycles. The minimum Gasteiger partial charge on any atom is -0.440 e. The van der Waals surface area contributed by atoms with Crippen molar-refractivity contribution in [2.24, 2.45) is 0 Å². The Hall–Kier alpha value is -0.980. The van der Waals surface area contributed by atoms with Crippen LogP contribution in [0.15, 0.2) is 0 Å². The highest BCUT2D eigenvalue weighted by Crippen LogP contribution is 2.24. The van der Waals surface area contributed by atoms with Gasteiger partial charge in [-0.3, -0.25) is 0 Å². The standard InChI is InChI=1S/C10H16F3NO3/c1-9(2)5-7(3-4-17-9)14-8(15)16-6-10(11,12)13/h7H,3-6H2,1-2H3,(H,14,15). The molecule has 0 aromatic heterocycles. The first-order valence-corrected chi connectivity index (χ1v) is 5.32. The van der Waals surface area contributed by atoms with Crippen molar-refractivity contribution in [2.75, 3.05) is 13.2 Å². The van der Waals surface area contributed by atoms with Gasteiger partial charge >= 0.3 is 12.3 Å². The van der Waals surface area contributed by atoms with Crippen LogP contribution in [0.1, 0.15) is 26.7 Å². The number of nitrogens with one attached hydrogen (secondary N) is 1. The maximum Gasteiger partial charge on any atom is 0.422 e. The van der Waals surface area contributed by atoms with E-state index >= 15 is 0 Å². The molecule has 1 saturated heterocycles. The van der Waals surface area contributed by atoms with Gasteiger partial charge in [-0.15, -0.1) is 0 Å². The highest BCUT2D eigenvalue weighted by Gasteiger charge is 2.32. The number of rotatable bonds is 2. The Morgan fingerprint density at radius 1 is 1.53 bits per heavy atom. The van der Waals surface area contributed by atoms with Crippen LogP contribution < -0.4 is 5.32 Å². The second-order valence-corrected chi connectivity index (χ2v) is 4.63. The molecule has 0 aliphatic carbocycles. The third-order valence-corrected chi connectivity index (χ3v) is 2.39. The summed E-state index contributed by atoms with van der Waals surface area (Å²) in [6.45, 7) is 2.63. The highest BCUT2D eigenvalue weighted by atomic mass is 19.4. The number of hydrogen-bond acceptors (Lipinski definition) is 3. The second kappa shape index (κ2) is 5.12. The van der Waals surface area contributed by atoms with Crippen LogP contribution in [0.25, 0.3) is 0 Å². The first kappa shape index (κ1) is 14.1. The van der Waals surface area contributed by atoms with Gasteiger partial charge in [0.05, 0.1) is 5.60 Å². The highest BCUT2D eigenvalue weighted by molar-refractivity contribution is 5.67. The summed E-state index contributed by atoms with van der Waals surface area (Å²) in [7, 11) is 0. The normalized spacial score (nSPS) is 24.2. The van der Waals surface area contributed by atoms with Crippen LogP contribution in [0.5, 0.6) is 0 Å². The summed E-state index contributed by atoms with van der Waals surface area (Å²) < 4.78 is 44.9. The monoisotopic (exact) mass is 255 g/mol. The van der Waals surface area contributed by atoms with Gasteiger partial charge in [0.15, 0.2) is 6.61 Å². The summed E-state index contributed by atoms with van der Waals surface area (Å²) >= 11 is 0. The number of alkyl carbamates (subject to hydrolysis) is 1. The summed E-state index contributed by atoms with van der Waals surface area (Å²) in [6.07, 6.45) is -4.41. The van der Waals surface area contributed by atoms with Gasteiger partial charge in [-0.1, -0.05) is 0 Å². The van der Waals surface area contributed by atoms with E-state index in [4.69, 9.17) is 4.74 Å². The molecule has 0 spiro atoms.